The number of fused-ring (bicyclic) bond motifs is 2. The fraction of sp³-hybridized carbons (Fsp3) is 0.429. The van der Waals surface area contributed by atoms with Gasteiger partial charge in [-0.3, -0.25) is 19.8 Å². The Bertz CT molecular complexity index is 1290. The highest BCUT2D eigenvalue weighted by Crippen LogP contribution is 2.42. The molecule has 2 aromatic rings. The van der Waals surface area contributed by atoms with Crippen LogP contribution in [-0.4, -0.2) is 61.7 Å². The number of hydrogen-bond donors (Lipinski definition) is 2. The van der Waals surface area contributed by atoms with Gasteiger partial charge >= 0.3 is 0 Å². The van der Waals surface area contributed by atoms with Gasteiger partial charge in [0.05, 0.1) is 30.9 Å². The van der Waals surface area contributed by atoms with Crippen molar-refractivity contribution in [1.29, 1.82) is 5.41 Å². The largest absolute Gasteiger partial charge is 0.493 e. The molecule has 0 fully saturated rings. The minimum absolute atomic E-state index is 0.0178. The molecule has 0 atom stereocenters. The van der Waals surface area contributed by atoms with Crippen LogP contribution in [0.1, 0.15) is 72.0 Å². The van der Waals surface area contributed by atoms with Crippen LogP contribution in [0.3, 0.4) is 0 Å². The standard InChI is InChI=1S/C28H34N4O5/c1-7-36-24-12-18-14-31(26(29)19(18)13-20(24)27(35)30-6)15-23(34)17-10-21(28(3,4)5)25-22(11-17)32(16(2)33)8-9-37-25/h10-13,29H,7-9,14-15H2,1-6H3,(H,30,35). The second kappa shape index (κ2) is 9.88. The van der Waals surface area contributed by atoms with Crippen LogP contribution < -0.4 is 19.7 Å². The molecule has 0 saturated heterocycles. The molecule has 0 spiro atoms. The molecular formula is C28H34N4O5. The highest BCUT2D eigenvalue weighted by atomic mass is 16.5. The highest BCUT2D eigenvalue weighted by Gasteiger charge is 2.32. The number of ketones is 1. The van der Waals surface area contributed by atoms with Crippen molar-refractivity contribution in [2.45, 2.75) is 46.6 Å². The SMILES string of the molecule is CCOc1cc2c(cc1C(=O)NC)C(=N)N(CC(=O)c1cc3c(c(C(C)(C)C)c1)OCCN3C(C)=O)C2. The minimum Gasteiger partial charge on any atom is -0.493 e. The second-order valence-corrected chi connectivity index (χ2v) is 10.3. The van der Waals surface area contributed by atoms with E-state index in [0.717, 1.165) is 11.1 Å². The molecule has 4 rings (SSSR count). The average Bonchev–Trinajstić information content (AvgIpc) is 3.15. The smallest absolute Gasteiger partial charge is 0.254 e. The van der Waals surface area contributed by atoms with Crippen molar-refractivity contribution in [3.05, 3.63) is 52.1 Å². The molecule has 9 nitrogen and oxygen atoms in total. The number of benzene rings is 2. The van der Waals surface area contributed by atoms with E-state index in [-0.39, 0.29) is 35.4 Å². The Morgan fingerprint density at radius 2 is 1.89 bits per heavy atom. The van der Waals surface area contributed by atoms with Crippen molar-refractivity contribution in [3.63, 3.8) is 0 Å². The molecule has 2 amide bonds. The molecule has 2 heterocycles. The maximum Gasteiger partial charge on any atom is 0.254 e. The van der Waals surface area contributed by atoms with Crippen LogP contribution in [0.4, 0.5) is 5.69 Å². The lowest BCUT2D eigenvalue weighted by Gasteiger charge is -2.34. The van der Waals surface area contributed by atoms with Gasteiger partial charge in [0.25, 0.3) is 5.91 Å². The minimum atomic E-state index is -0.317. The number of amides is 2. The topological polar surface area (TPSA) is 112 Å². The quantitative estimate of drug-likeness (QED) is 0.580. The van der Waals surface area contributed by atoms with Crippen LogP contribution in [0, 0.1) is 5.41 Å². The van der Waals surface area contributed by atoms with Gasteiger partial charge in [0.15, 0.2) is 5.78 Å². The Kier molecular flexibility index (Phi) is 6.99. The number of carbonyl (C=O) groups excluding carboxylic acids is 3. The lowest BCUT2D eigenvalue weighted by Crippen LogP contribution is -2.37. The summed E-state index contributed by atoms with van der Waals surface area (Å²) in [7, 11) is 1.55. The van der Waals surface area contributed by atoms with Gasteiger partial charge in [0.2, 0.25) is 5.91 Å². The molecule has 2 aliphatic heterocycles. The molecule has 2 aromatic carbocycles. The molecule has 0 radical (unpaired) electrons. The zero-order valence-electron chi connectivity index (χ0n) is 22.3. The number of Topliss-reactive ketones (excluding diaryl/α,β-unsaturated/α-hetero) is 1. The van der Waals surface area contributed by atoms with E-state index in [9.17, 15) is 14.4 Å². The van der Waals surface area contributed by atoms with Crippen LogP contribution >= 0.6 is 0 Å². The maximum atomic E-state index is 13.6. The molecule has 37 heavy (non-hydrogen) atoms. The number of carbonyl (C=O) groups is 3. The third-order valence-electron chi connectivity index (χ3n) is 6.68. The van der Waals surface area contributed by atoms with Gasteiger partial charge in [-0.25, -0.2) is 0 Å². The molecule has 9 heteroatoms. The predicted octanol–water partition coefficient (Wildman–Crippen LogP) is 3.51. The van der Waals surface area contributed by atoms with Crippen molar-refractivity contribution < 1.29 is 23.9 Å². The zero-order valence-corrected chi connectivity index (χ0v) is 22.3. The summed E-state index contributed by atoms with van der Waals surface area (Å²) < 4.78 is 11.6. The van der Waals surface area contributed by atoms with Crippen LogP contribution in [0.25, 0.3) is 0 Å². The summed E-state index contributed by atoms with van der Waals surface area (Å²) in [5.74, 6) is 0.695. The molecule has 0 saturated carbocycles. The maximum absolute atomic E-state index is 13.6. The molecule has 0 bridgehead atoms. The summed E-state index contributed by atoms with van der Waals surface area (Å²) in [4.78, 5) is 41.6. The highest BCUT2D eigenvalue weighted by molar-refractivity contribution is 6.08. The van der Waals surface area contributed by atoms with Crippen LogP contribution in [0.15, 0.2) is 24.3 Å². The Hall–Kier alpha value is -3.88. The van der Waals surface area contributed by atoms with Gasteiger partial charge in [-0.2, -0.15) is 0 Å². The van der Waals surface area contributed by atoms with Gasteiger partial charge in [0, 0.05) is 37.2 Å². The first kappa shape index (κ1) is 26.2. The molecule has 0 aromatic heterocycles. The predicted molar refractivity (Wildman–Crippen MR) is 141 cm³/mol. The summed E-state index contributed by atoms with van der Waals surface area (Å²) in [6.45, 7) is 11.0. The van der Waals surface area contributed by atoms with Crippen LogP contribution in [0.5, 0.6) is 11.5 Å². The van der Waals surface area contributed by atoms with Crippen LogP contribution in [-0.2, 0) is 16.8 Å². The lowest BCUT2D eigenvalue weighted by atomic mass is 9.84. The number of nitrogens with zero attached hydrogens (tertiary/aromatic N) is 2. The lowest BCUT2D eigenvalue weighted by molar-refractivity contribution is -0.116. The van der Waals surface area contributed by atoms with E-state index in [4.69, 9.17) is 14.9 Å². The van der Waals surface area contributed by atoms with E-state index in [1.54, 1.807) is 35.0 Å². The van der Waals surface area contributed by atoms with E-state index in [2.05, 4.69) is 5.32 Å². The fourth-order valence-electron chi connectivity index (χ4n) is 4.79. The van der Waals surface area contributed by atoms with Crippen molar-refractivity contribution >= 4 is 29.1 Å². The first-order valence-electron chi connectivity index (χ1n) is 12.4. The van der Waals surface area contributed by atoms with E-state index in [0.29, 0.717) is 60.2 Å². The molecule has 196 valence electrons. The average molecular weight is 507 g/mol. The van der Waals surface area contributed by atoms with E-state index in [1.165, 1.54) is 6.92 Å². The van der Waals surface area contributed by atoms with E-state index >= 15 is 0 Å². The number of hydrogen-bond acceptors (Lipinski definition) is 6. The summed E-state index contributed by atoms with van der Waals surface area (Å²) in [6.07, 6.45) is 0. The Balaban J connectivity index is 1.66. The summed E-state index contributed by atoms with van der Waals surface area (Å²) in [5.41, 5.74) is 3.39. The van der Waals surface area contributed by atoms with Gasteiger partial charge in [0.1, 0.15) is 23.9 Å². The third kappa shape index (κ3) is 4.90. The number of nitrogens with one attached hydrogen (secondary N) is 2. The van der Waals surface area contributed by atoms with Gasteiger partial charge < -0.3 is 24.6 Å². The summed E-state index contributed by atoms with van der Waals surface area (Å²) in [6, 6.07) is 7.00. The number of ether oxygens (including phenoxy) is 2. The summed E-state index contributed by atoms with van der Waals surface area (Å²) in [5, 5.41) is 11.3. The van der Waals surface area contributed by atoms with Crippen molar-refractivity contribution in [1.82, 2.24) is 10.2 Å². The van der Waals surface area contributed by atoms with E-state index < -0.39 is 0 Å². The van der Waals surface area contributed by atoms with Crippen molar-refractivity contribution in [2.75, 3.05) is 38.3 Å². The third-order valence-corrected chi connectivity index (χ3v) is 6.68. The first-order valence-corrected chi connectivity index (χ1v) is 12.4. The number of amidine groups is 1. The van der Waals surface area contributed by atoms with Gasteiger partial charge in [-0.15, -0.1) is 0 Å². The second-order valence-electron chi connectivity index (χ2n) is 10.3. The monoisotopic (exact) mass is 506 g/mol. The van der Waals surface area contributed by atoms with Gasteiger partial charge in [-0.05, 0) is 42.2 Å². The van der Waals surface area contributed by atoms with Crippen molar-refractivity contribution in [2.24, 2.45) is 0 Å². The molecule has 0 aliphatic carbocycles. The zero-order chi connectivity index (χ0) is 27.1. The Morgan fingerprint density at radius 1 is 1.16 bits per heavy atom. The Morgan fingerprint density at radius 3 is 2.51 bits per heavy atom. The molecule has 2 aliphatic rings. The first-order chi connectivity index (χ1) is 17.5. The fourth-order valence-corrected chi connectivity index (χ4v) is 4.79. The molecule has 2 N–H and O–H groups in total. The van der Waals surface area contributed by atoms with Crippen LogP contribution in [0.2, 0.25) is 0 Å². The normalized spacial score (nSPS) is 14.6. The molecular weight excluding hydrogens is 472 g/mol. The van der Waals surface area contributed by atoms with E-state index in [1.807, 2.05) is 33.8 Å². The summed E-state index contributed by atoms with van der Waals surface area (Å²) >= 11 is 0. The number of rotatable bonds is 6. The van der Waals surface area contributed by atoms with Crippen molar-refractivity contribution in [3.8, 4) is 11.5 Å². The molecule has 0 unspecified atom stereocenters. The Labute approximate surface area is 217 Å². The van der Waals surface area contributed by atoms with Gasteiger partial charge in [-0.1, -0.05) is 20.8 Å². The number of anilines is 1.